The number of nitrogens with one attached hydrogen (secondary N) is 2. The van der Waals surface area contributed by atoms with Crippen LogP contribution in [0, 0.1) is 0 Å². The summed E-state index contributed by atoms with van der Waals surface area (Å²) in [4.78, 5) is 12.2. The fraction of sp³-hybridized carbons (Fsp3) is 0.611. The number of rotatable bonds is 6. The van der Waals surface area contributed by atoms with E-state index in [9.17, 15) is 4.79 Å². The van der Waals surface area contributed by atoms with Crippen LogP contribution >= 0.6 is 12.4 Å². The van der Waals surface area contributed by atoms with Crippen LogP contribution in [0.2, 0.25) is 0 Å². The summed E-state index contributed by atoms with van der Waals surface area (Å²) in [6.45, 7) is 4.64. The van der Waals surface area contributed by atoms with Gasteiger partial charge in [0.1, 0.15) is 6.10 Å². The Balaban J connectivity index is 0.00000208. The normalized spacial score (nSPS) is 23.9. The second kappa shape index (κ2) is 9.37. The molecule has 0 spiro atoms. The predicted molar refractivity (Wildman–Crippen MR) is 95.5 cm³/mol. The van der Waals surface area contributed by atoms with E-state index in [2.05, 4.69) is 28.8 Å². The summed E-state index contributed by atoms with van der Waals surface area (Å²) in [6.07, 6.45) is 2.86. The van der Waals surface area contributed by atoms with Crippen molar-refractivity contribution in [2.75, 3.05) is 26.3 Å². The molecule has 3 rings (SSSR count). The van der Waals surface area contributed by atoms with Crippen LogP contribution in [0.15, 0.2) is 24.3 Å². The van der Waals surface area contributed by atoms with E-state index in [-0.39, 0.29) is 30.5 Å². The first-order chi connectivity index (χ1) is 11.2. The van der Waals surface area contributed by atoms with Gasteiger partial charge < -0.3 is 20.1 Å². The third kappa shape index (κ3) is 4.93. The first-order valence-electron chi connectivity index (χ1n) is 8.56. The van der Waals surface area contributed by atoms with Gasteiger partial charge in [0.2, 0.25) is 5.91 Å². The van der Waals surface area contributed by atoms with Crippen LogP contribution in [0.4, 0.5) is 0 Å². The van der Waals surface area contributed by atoms with E-state index in [4.69, 9.17) is 9.47 Å². The number of benzene rings is 1. The number of ether oxygens (including phenoxy) is 2. The van der Waals surface area contributed by atoms with Crippen LogP contribution in [-0.4, -0.2) is 44.4 Å². The molecule has 2 heterocycles. The molecule has 1 fully saturated rings. The highest BCUT2D eigenvalue weighted by atomic mass is 35.5. The first-order valence-corrected chi connectivity index (χ1v) is 8.56. The van der Waals surface area contributed by atoms with Crippen molar-refractivity contribution in [3.05, 3.63) is 35.4 Å². The van der Waals surface area contributed by atoms with Gasteiger partial charge in [-0.15, -0.1) is 12.4 Å². The van der Waals surface area contributed by atoms with E-state index >= 15 is 0 Å². The van der Waals surface area contributed by atoms with Gasteiger partial charge in [-0.2, -0.15) is 0 Å². The average Bonchev–Trinajstić information content (AvgIpc) is 3.11. The molecule has 1 aromatic carbocycles. The van der Waals surface area contributed by atoms with Crippen molar-refractivity contribution in [3.8, 4) is 0 Å². The fourth-order valence-electron chi connectivity index (χ4n) is 3.22. The first kappa shape index (κ1) is 19.2. The molecule has 0 aromatic heterocycles. The zero-order valence-corrected chi connectivity index (χ0v) is 14.9. The summed E-state index contributed by atoms with van der Waals surface area (Å²) >= 11 is 0. The summed E-state index contributed by atoms with van der Waals surface area (Å²) in [5.41, 5.74) is 2.65. The molecule has 2 N–H and O–H groups in total. The molecule has 0 aliphatic carbocycles. The molecule has 1 aromatic rings. The number of hydrogen-bond acceptors (Lipinski definition) is 4. The molecular formula is C18H27ClN2O3. The Bertz CT molecular complexity index is 535. The lowest BCUT2D eigenvalue weighted by molar-refractivity contribution is -0.133. The molecule has 1 amide bonds. The Hall–Kier alpha value is -1.14. The third-order valence-electron chi connectivity index (χ3n) is 4.62. The van der Waals surface area contributed by atoms with Gasteiger partial charge in [-0.05, 0) is 43.9 Å². The quantitative estimate of drug-likeness (QED) is 0.820. The Morgan fingerprint density at radius 3 is 3.08 bits per heavy atom. The van der Waals surface area contributed by atoms with Crippen LogP contribution < -0.4 is 10.6 Å². The molecular weight excluding hydrogens is 328 g/mol. The Morgan fingerprint density at radius 2 is 2.29 bits per heavy atom. The Kier molecular flexibility index (Phi) is 7.49. The molecule has 2 aliphatic rings. The zero-order valence-electron chi connectivity index (χ0n) is 14.1. The van der Waals surface area contributed by atoms with Crippen LogP contribution in [-0.2, 0) is 20.7 Å². The van der Waals surface area contributed by atoms with Gasteiger partial charge in [0.05, 0.1) is 12.7 Å². The van der Waals surface area contributed by atoms with E-state index in [0.717, 1.165) is 32.4 Å². The lowest BCUT2D eigenvalue weighted by Gasteiger charge is -2.27. The Morgan fingerprint density at radius 1 is 1.46 bits per heavy atom. The maximum atomic E-state index is 12.2. The topological polar surface area (TPSA) is 59.6 Å². The second-order valence-electron chi connectivity index (χ2n) is 6.31. The fourth-order valence-corrected chi connectivity index (χ4v) is 3.22. The average molecular weight is 355 g/mol. The number of hydrogen-bond donors (Lipinski definition) is 2. The van der Waals surface area contributed by atoms with Crippen molar-refractivity contribution in [2.24, 2.45) is 0 Å². The van der Waals surface area contributed by atoms with Crippen LogP contribution in [0.1, 0.15) is 36.9 Å². The third-order valence-corrected chi connectivity index (χ3v) is 4.62. The largest absolute Gasteiger partial charge is 0.376 e. The minimum absolute atomic E-state index is 0. The van der Waals surface area contributed by atoms with E-state index in [1.807, 2.05) is 6.07 Å². The van der Waals surface area contributed by atoms with Crippen molar-refractivity contribution >= 4 is 18.3 Å². The highest BCUT2D eigenvalue weighted by Crippen LogP contribution is 2.21. The molecule has 6 heteroatoms. The molecule has 0 saturated carbocycles. The molecule has 5 nitrogen and oxygen atoms in total. The van der Waals surface area contributed by atoms with Crippen LogP contribution in [0.25, 0.3) is 0 Å². The molecule has 1 saturated heterocycles. The SMILES string of the molecule is CC(OCC1CCCO1)C(=O)NCC1NCCc2ccccc21.Cl. The highest BCUT2D eigenvalue weighted by molar-refractivity contribution is 5.85. The summed E-state index contributed by atoms with van der Waals surface area (Å²) < 4.78 is 11.2. The molecule has 2 aliphatic heterocycles. The maximum Gasteiger partial charge on any atom is 0.248 e. The number of fused-ring (bicyclic) bond motifs is 1. The van der Waals surface area contributed by atoms with E-state index in [1.54, 1.807) is 6.92 Å². The molecule has 3 atom stereocenters. The smallest absolute Gasteiger partial charge is 0.248 e. The van der Waals surface area contributed by atoms with Crippen molar-refractivity contribution in [1.29, 1.82) is 0 Å². The minimum atomic E-state index is -0.446. The number of carbonyl (C=O) groups excluding carboxylic acids is 1. The predicted octanol–water partition coefficient (Wildman–Crippen LogP) is 2.00. The number of carbonyl (C=O) groups is 1. The summed E-state index contributed by atoms with van der Waals surface area (Å²) in [5, 5.41) is 6.47. The summed E-state index contributed by atoms with van der Waals surface area (Å²) in [5.74, 6) is -0.0622. The monoisotopic (exact) mass is 354 g/mol. The molecule has 0 radical (unpaired) electrons. The van der Waals surface area contributed by atoms with Gasteiger partial charge in [-0.1, -0.05) is 24.3 Å². The molecule has 24 heavy (non-hydrogen) atoms. The maximum absolute atomic E-state index is 12.2. The lowest BCUT2D eigenvalue weighted by atomic mass is 9.94. The van der Waals surface area contributed by atoms with Crippen molar-refractivity contribution in [1.82, 2.24) is 10.6 Å². The Labute approximate surface area is 149 Å². The summed E-state index contributed by atoms with van der Waals surface area (Å²) in [6, 6.07) is 8.59. The van der Waals surface area contributed by atoms with Crippen molar-refractivity contribution < 1.29 is 14.3 Å². The highest BCUT2D eigenvalue weighted by Gasteiger charge is 2.22. The minimum Gasteiger partial charge on any atom is -0.376 e. The van der Waals surface area contributed by atoms with E-state index < -0.39 is 6.10 Å². The van der Waals surface area contributed by atoms with Gasteiger partial charge in [0, 0.05) is 19.2 Å². The van der Waals surface area contributed by atoms with Crippen LogP contribution in [0.5, 0.6) is 0 Å². The van der Waals surface area contributed by atoms with Crippen molar-refractivity contribution in [3.63, 3.8) is 0 Å². The molecule has 3 unspecified atom stereocenters. The van der Waals surface area contributed by atoms with Gasteiger partial charge >= 0.3 is 0 Å². The van der Waals surface area contributed by atoms with Crippen LogP contribution in [0.3, 0.4) is 0 Å². The van der Waals surface area contributed by atoms with Gasteiger partial charge in [-0.3, -0.25) is 4.79 Å². The van der Waals surface area contributed by atoms with E-state index in [1.165, 1.54) is 11.1 Å². The van der Waals surface area contributed by atoms with Gasteiger partial charge in [0.25, 0.3) is 0 Å². The molecule has 0 bridgehead atoms. The molecule has 134 valence electrons. The van der Waals surface area contributed by atoms with Gasteiger partial charge in [0.15, 0.2) is 0 Å². The standard InChI is InChI=1S/C18H26N2O3.ClH/c1-13(23-12-15-6-4-10-22-15)18(21)20-11-17-16-7-3-2-5-14(16)8-9-19-17;/h2-3,5,7,13,15,17,19H,4,6,8-12H2,1H3,(H,20,21);1H. The lowest BCUT2D eigenvalue weighted by Crippen LogP contribution is -2.42. The number of halogens is 1. The summed E-state index contributed by atoms with van der Waals surface area (Å²) in [7, 11) is 0. The van der Waals surface area contributed by atoms with Crippen molar-refractivity contribution in [2.45, 2.75) is 44.4 Å². The zero-order chi connectivity index (χ0) is 16.1. The number of amides is 1. The second-order valence-corrected chi connectivity index (χ2v) is 6.31. The van der Waals surface area contributed by atoms with E-state index in [0.29, 0.717) is 13.2 Å². The van der Waals surface area contributed by atoms with Gasteiger partial charge in [-0.25, -0.2) is 0 Å².